The first kappa shape index (κ1) is 51.9. The van der Waals surface area contributed by atoms with Crippen LogP contribution in [-0.4, -0.2) is 101 Å². The number of thiol groups is 4. The quantitative estimate of drug-likeness (QED) is 0.0358. The summed E-state index contributed by atoms with van der Waals surface area (Å²) in [6, 6.07) is 0. The standard InChI is InChI=1S/C16H30O4S.C4H10O3S2.C3H8O3S2.C2H6O3S2/c17-15(18)13-14(16(19)20)11-9-7-5-3-1-2-4-6-8-10-12-21;5-9(6,7)4-2-1-3-8;4-8(5,6)3-1-2-7;3-7(4,5)2-1-6/h14,21H,1-13H2,(H,17,18)(H,19,20);8H,1-4H2,(H,5,6,7);7H,1-3H2,(H,4,5,6);6H,1-2H2,(H,3,4,5). The van der Waals surface area contributed by atoms with E-state index in [1.165, 1.54) is 44.9 Å². The van der Waals surface area contributed by atoms with Gasteiger partial charge < -0.3 is 10.2 Å². The first-order valence-electron chi connectivity index (χ1n) is 14.5. The van der Waals surface area contributed by atoms with Gasteiger partial charge in [-0.15, -0.1) is 0 Å². The summed E-state index contributed by atoms with van der Waals surface area (Å²) >= 11 is 15.4. The Morgan fingerprint density at radius 3 is 1.07 bits per heavy atom. The summed E-state index contributed by atoms with van der Waals surface area (Å²) < 4.78 is 83.6. The van der Waals surface area contributed by atoms with Crippen molar-refractivity contribution in [1.82, 2.24) is 0 Å². The van der Waals surface area contributed by atoms with Gasteiger partial charge in [-0.2, -0.15) is 75.8 Å². The molecule has 0 radical (unpaired) electrons. The molecule has 0 rings (SSSR count). The monoisotopic (exact) mass is 786 g/mol. The molecule has 274 valence electrons. The minimum Gasteiger partial charge on any atom is -0.481 e. The third kappa shape index (κ3) is 60.0. The van der Waals surface area contributed by atoms with Gasteiger partial charge in [0.15, 0.2) is 0 Å². The number of carboxylic acid groups (broad SMARTS) is 2. The van der Waals surface area contributed by atoms with Crippen molar-refractivity contribution in [2.24, 2.45) is 5.92 Å². The molecule has 13 nitrogen and oxygen atoms in total. The highest BCUT2D eigenvalue weighted by Gasteiger charge is 2.20. The van der Waals surface area contributed by atoms with Gasteiger partial charge in [-0.1, -0.05) is 57.8 Å². The molecule has 0 aromatic heterocycles. The first-order valence-corrected chi connectivity index (χ1v) is 21.9. The van der Waals surface area contributed by atoms with Gasteiger partial charge in [0.25, 0.3) is 30.4 Å². The summed E-state index contributed by atoms with van der Waals surface area (Å²) in [5.74, 6) is -1.04. The molecule has 0 aliphatic carbocycles. The molecule has 0 saturated carbocycles. The number of unbranched alkanes of at least 4 members (excludes halogenated alkanes) is 10. The van der Waals surface area contributed by atoms with Crippen LogP contribution in [0.25, 0.3) is 0 Å². The van der Waals surface area contributed by atoms with E-state index in [0.29, 0.717) is 30.8 Å². The van der Waals surface area contributed by atoms with Crippen molar-refractivity contribution in [2.45, 2.75) is 96.3 Å². The van der Waals surface area contributed by atoms with Crippen LogP contribution >= 0.6 is 50.5 Å². The first-order chi connectivity index (χ1) is 20.8. The van der Waals surface area contributed by atoms with Gasteiger partial charge >= 0.3 is 11.9 Å². The second-order valence-electron chi connectivity index (χ2n) is 9.77. The molecule has 0 heterocycles. The second-order valence-corrected chi connectivity index (χ2v) is 16.3. The highest BCUT2D eigenvalue weighted by Crippen LogP contribution is 2.16. The fraction of sp³-hybridized carbons (Fsp3) is 0.920. The molecule has 1 unspecified atom stereocenters. The Balaban J connectivity index is -0.000000288. The maximum Gasteiger partial charge on any atom is 0.307 e. The SMILES string of the molecule is O=C(O)CC(CCCCCCCCCCCCS)C(=O)O.O=S(=O)(O)CCCCS.O=S(=O)(O)CCCS.O=S(=O)(O)CCS. The molecule has 5 N–H and O–H groups in total. The Morgan fingerprint density at radius 2 is 0.800 bits per heavy atom. The van der Waals surface area contributed by atoms with Crippen molar-refractivity contribution in [3.63, 3.8) is 0 Å². The van der Waals surface area contributed by atoms with Crippen LogP contribution in [0.5, 0.6) is 0 Å². The van der Waals surface area contributed by atoms with E-state index < -0.39 is 48.2 Å². The fourth-order valence-electron chi connectivity index (χ4n) is 3.20. The number of carbonyl (C=O) groups is 2. The number of hydrogen-bond donors (Lipinski definition) is 9. The van der Waals surface area contributed by atoms with E-state index in [2.05, 4.69) is 50.5 Å². The van der Waals surface area contributed by atoms with Crippen LogP contribution in [0.4, 0.5) is 0 Å². The van der Waals surface area contributed by atoms with Gasteiger partial charge in [0.1, 0.15) is 0 Å². The van der Waals surface area contributed by atoms with Gasteiger partial charge in [-0.3, -0.25) is 23.2 Å². The molecule has 0 saturated heterocycles. The lowest BCUT2D eigenvalue weighted by atomic mass is 9.97. The summed E-state index contributed by atoms with van der Waals surface area (Å²) in [5, 5.41) is 17.6. The molecule has 0 spiro atoms. The molecular formula is C25H54O13S7. The third-order valence-corrected chi connectivity index (χ3v) is 9.26. The van der Waals surface area contributed by atoms with Crippen molar-refractivity contribution in [3.8, 4) is 0 Å². The molecule has 0 aliphatic rings. The predicted molar refractivity (Wildman–Crippen MR) is 193 cm³/mol. The van der Waals surface area contributed by atoms with Gasteiger partial charge in [0.2, 0.25) is 0 Å². The van der Waals surface area contributed by atoms with Crippen molar-refractivity contribution in [3.05, 3.63) is 0 Å². The third-order valence-electron chi connectivity index (χ3n) is 5.45. The average molecular weight is 787 g/mol. The molecule has 45 heavy (non-hydrogen) atoms. The van der Waals surface area contributed by atoms with E-state index in [1.807, 2.05) is 0 Å². The van der Waals surface area contributed by atoms with E-state index >= 15 is 0 Å². The molecule has 0 fully saturated rings. The Bertz CT molecular complexity index is 1020. The summed E-state index contributed by atoms with van der Waals surface area (Å²) in [4.78, 5) is 21.4. The number of aliphatic carboxylic acids is 2. The predicted octanol–water partition coefficient (Wildman–Crippen LogP) is 4.97. The highest BCUT2D eigenvalue weighted by molar-refractivity contribution is 7.87. The summed E-state index contributed by atoms with van der Waals surface area (Å²) in [6.45, 7) is 0. The van der Waals surface area contributed by atoms with E-state index in [9.17, 15) is 34.8 Å². The summed E-state index contributed by atoms with van der Waals surface area (Å²) in [6.07, 6.45) is 13.6. The maximum absolute atomic E-state index is 10.9. The normalized spacial score (nSPS) is 12.0. The van der Waals surface area contributed by atoms with Gasteiger partial charge in [-0.25, -0.2) is 0 Å². The highest BCUT2D eigenvalue weighted by atomic mass is 32.2. The molecule has 0 amide bonds. The average Bonchev–Trinajstić information content (AvgIpc) is 2.89. The van der Waals surface area contributed by atoms with E-state index in [-0.39, 0.29) is 29.4 Å². The van der Waals surface area contributed by atoms with Gasteiger partial charge in [-0.05, 0) is 49.4 Å². The molecule has 20 heteroatoms. The van der Waals surface area contributed by atoms with Crippen molar-refractivity contribution in [2.75, 3.05) is 40.3 Å². The molecular weight excluding hydrogens is 733 g/mol. The summed E-state index contributed by atoms with van der Waals surface area (Å²) in [7, 11) is -11.2. The van der Waals surface area contributed by atoms with E-state index in [1.54, 1.807) is 0 Å². The Hall–Kier alpha value is 0.0700. The Morgan fingerprint density at radius 1 is 0.467 bits per heavy atom. The van der Waals surface area contributed by atoms with Gasteiger partial charge in [0, 0.05) is 5.75 Å². The minimum absolute atomic E-state index is 0.145. The summed E-state index contributed by atoms with van der Waals surface area (Å²) in [5.41, 5.74) is 0. The maximum atomic E-state index is 10.9. The van der Waals surface area contributed by atoms with E-state index in [0.717, 1.165) is 31.4 Å². The van der Waals surface area contributed by atoms with Crippen LogP contribution in [-0.2, 0) is 39.9 Å². The lowest BCUT2D eigenvalue weighted by Crippen LogP contribution is -2.17. The number of rotatable bonds is 24. The van der Waals surface area contributed by atoms with Gasteiger partial charge in [0.05, 0.1) is 29.6 Å². The zero-order valence-electron chi connectivity index (χ0n) is 25.6. The molecule has 0 aliphatic heterocycles. The van der Waals surface area contributed by atoms with Crippen LogP contribution in [0, 0.1) is 5.92 Å². The Kier molecular flexibility index (Phi) is 39.2. The zero-order chi connectivity index (χ0) is 35.8. The minimum atomic E-state index is -3.75. The topological polar surface area (TPSA) is 238 Å². The Labute approximate surface area is 292 Å². The van der Waals surface area contributed by atoms with Crippen LogP contribution in [0.15, 0.2) is 0 Å². The second kappa shape index (κ2) is 34.0. The molecule has 1 atom stereocenters. The molecule has 0 aromatic rings. The van der Waals surface area contributed by atoms with Crippen molar-refractivity contribution < 1.29 is 58.7 Å². The largest absolute Gasteiger partial charge is 0.481 e. The smallest absolute Gasteiger partial charge is 0.307 e. The number of hydrogen-bond acceptors (Lipinski definition) is 12. The van der Waals surface area contributed by atoms with Crippen molar-refractivity contribution in [1.29, 1.82) is 0 Å². The van der Waals surface area contributed by atoms with Crippen LogP contribution in [0.2, 0.25) is 0 Å². The van der Waals surface area contributed by atoms with Crippen LogP contribution in [0.1, 0.15) is 96.3 Å². The number of carboxylic acids is 2. The lowest BCUT2D eigenvalue weighted by Gasteiger charge is -2.09. The van der Waals surface area contributed by atoms with Crippen LogP contribution < -0.4 is 0 Å². The molecule has 0 bridgehead atoms. The van der Waals surface area contributed by atoms with E-state index in [4.69, 9.17) is 23.9 Å². The fourth-order valence-corrected chi connectivity index (χ4v) is 6.02. The lowest BCUT2D eigenvalue weighted by molar-refractivity contribution is -0.148. The zero-order valence-corrected chi connectivity index (χ0v) is 31.7. The molecule has 0 aromatic carbocycles. The van der Waals surface area contributed by atoms with Crippen molar-refractivity contribution >= 4 is 92.8 Å². The van der Waals surface area contributed by atoms with Crippen LogP contribution in [0.3, 0.4) is 0 Å².